The number of benzene rings is 3. The van der Waals surface area contributed by atoms with Gasteiger partial charge in [0.05, 0.1) is 0 Å². The van der Waals surface area contributed by atoms with Gasteiger partial charge in [0.2, 0.25) is 0 Å². The van der Waals surface area contributed by atoms with Gasteiger partial charge in [-0.25, -0.2) is 0 Å². The van der Waals surface area contributed by atoms with E-state index in [-0.39, 0.29) is 5.91 Å². The van der Waals surface area contributed by atoms with Gasteiger partial charge < -0.3 is 4.90 Å². The number of anilines is 1. The first-order valence-electron chi connectivity index (χ1n) is 7.32. The van der Waals surface area contributed by atoms with Gasteiger partial charge >= 0.3 is 0 Å². The summed E-state index contributed by atoms with van der Waals surface area (Å²) in [5.74, 6) is 0.0775. The van der Waals surface area contributed by atoms with Crippen molar-refractivity contribution in [3.05, 3.63) is 76.3 Å². The van der Waals surface area contributed by atoms with Crippen LogP contribution in [0.2, 0.25) is 0 Å². The van der Waals surface area contributed by atoms with Crippen molar-refractivity contribution in [2.45, 2.75) is 6.42 Å². The molecule has 0 saturated carbocycles. The number of amides is 1. The van der Waals surface area contributed by atoms with Crippen molar-refractivity contribution in [1.82, 2.24) is 0 Å². The number of carbonyl (C=O) groups excluding carboxylic acids is 1. The van der Waals surface area contributed by atoms with Crippen LogP contribution in [0.15, 0.2) is 65.1 Å². The standard InChI is InChI=1S/C19H14BrNO/c20-15-9-8-14-10-11-21(18(14)12-15)19(22)17-7-3-5-13-4-1-2-6-16(13)17/h1-9,12H,10-11H2. The molecule has 22 heavy (non-hydrogen) atoms. The monoisotopic (exact) mass is 351 g/mol. The molecule has 3 heteroatoms. The molecular formula is C19H14BrNO. The van der Waals surface area contributed by atoms with Crippen LogP contribution in [0.25, 0.3) is 10.8 Å². The summed E-state index contributed by atoms with van der Waals surface area (Å²) in [4.78, 5) is 14.9. The molecule has 0 N–H and O–H groups in total. The summed E-state index contributed by atoms with van der Waals surface area (Å²) in [7, 11) is 0. The van der Waals surface area contributed by atoms with Crippen LogP contribution in [-0.2, 0) is 6.42 Å². The average molecular weight is 352 g/mol. The van der Waals surface area contributed by atoms with E-state index < -0.39 is 0 Å². The lowest BCUT2D eigenvalue weighted by Gasteiger charge is -2.18. The van der Waals surface area contributed by atoms with Gasteiger partial charge in [-0.2, -0.15) is 0 Å². The lowest BCUT2D eigenvalue weighted by Crippen LogP contribution is -2.29. The first-order valence-corrected chi connectivity index (χ1v) is 8.11. The maximum Gasteiger partial charge on any atom is 0.258 e. The molecule has 0 aliphatic carbocycles. The van der Waals surface area contributed by atoms with E-state index in [9.17, 15) is 4.79 Å². The molecule has 0 radical (unpaired) electrons. The minimum Gasteiger partial charge on any atom is -0.308 e. The molecule has 0 saturated heterocycles. The van der Waals surface area contributed by atoms with Crippen molar-refractivity contribution < 1.29 is 4.79 Å². The van der Waals surface area contributed by atoms with Gasteiger partial charge in [0, 0.05) is 22.3 Å². The summed E-state index contributed by atoms with van der Waals surface area (Å²) in [5.41, 5.74) is 3.02. The molecule has 3 aromatic rings. The summed E-state index contributed by atoms with van der Waals surface area (Å²) in [6.45, 7) is 0.744. The van der Waals surface area contributed by atoms with E-state index in [1.807, 2.05) is 59.5 Å². The van der Waals surface area contributed by atoms with Crippen LogP contribution in [0.3, 0.4) is 0 Å². The third-order valence-corrected chi connectivity index (χ3v) is 4.70. The highest BCUT2D eigenvalue weighted by atomic mass is 79.9. The van der Waals surface area contributed by atoms with Crippen molar-refractivity contribution in [3.63, 3.8) is 0 Å². The van der Waals surface area contributed by atoms with Gasteiger partial charge in [-0.3, -0.25) is 4.79 Å². The molecule has 0 spiro atoms. The maximum atomic E-state index is 13.0. The predicted octanol–water partition coefficient (Wildman–Crippen LogP) is 4.81. The normalized spacial score (nSPS) is 13.4. The molecular weight excluding hydrogens is 338 g/mol. The van der Waals surface area contributed by atoms with E-state index in [0.29, 0.717) is 0 Å². The zero-order valence-corrected chi connectivity index (χ0v) is 13.5. The Kier molecular flexibility index (Phi) is 3.23. The summed E-state index contributed by atoms with van der Waals surface area (Å²) < 4.78 is 1.00. The van der Waals surface area contributed by atoms with Crippen molar-refractivity contribution in [2.75, 3.05) is 11.4 Å². The summed E-state index contributed by atoms with van der Waals surface area (Å²) in [5, 5.41) is 2.11. The van der Waals surface area contributed by atoms with Crippen LogP contribution >= 0.6 is 15.9 Å². The Morgan fingerprint density at radius 1 is 1.00 bits per heavy atom. The molecule has 1 aliphatic heterocycles. The fraction of sp³-hybridized carbons (Fsp3) is 0.105. The predicted molar refractivity (Wildman–Crippen MR) is 93.5 cm³/mol. The molecule has 0 fully saturated rings. The molecule has 2 nitrogen and oxygen atoms in total. The van der Waals surface area contributed by atoms with Gasteiger partial charge in [-0.05, 0) is 41.0 Å². The zero-order chi connectivity index (χ0) is 15.1. The SMILES string of the molecule is O=C(c1cccc2ccccc12)N1CCc2ccc(Br)cc21. The van der Waals surface area contributed by atoms with Crippen LogP contribution in [-0.4, -0.2) is 12.5 Å². The van der Waals surface area contributed by atoms with E-state index in [1.54, 1.807) is 0 Å². The van der Waals surface area contributed by atoms with Crippen molar-refractivity contribution >= 4 is 38.3 Å². The third kappa shape index (κ3) is 2.13. The number of nitrogens with zero attached hydrogens (tertiary/aromatic N) is 1. The van der Waals surface area contributed by atoms with Crippen molar-refractivity contribution in [2.24, 2.45) is 0 Å². The Bertz CT molecular complexity index is 882. The molecule has 1 heterocycles. The van der Waals surface area contributed by atoms with Crippen LogP contribution in [0.5, 0.6) is 0 Å². The summed E-state index contributed by atoms with van der Waals surface area (Å²) >= 11 is 3.50. The van der Waals surface area contributed by atoms with Crippen LogP contribution in [0.4, 0.5) is 5.69 Å². The molecule has 108 valence electrons. The molecule has 4 rings (SSSR count). The van der Waals surface area contributed by atoms with Crippen LogP contribution < -0.4 is 4.90 Å². The number of hydrogen-bond donors (Lipinski definition) is 0. The Morgan fingerprint density at radius 2 is 1.82 bits per heavy atom. The van der Waals surface area contributed by atoms with E-state index in [4.69, 9.17) is 0 Å². The van der Waals surface area contributed by atoms with Gasteiger partial charge in [-0.1, -0.05) is 58.4 Å². The lowest BCUT2D eigenvalue weighted by atomic mass is 10.0. The number of rotatable bonds is 1. The molecule has 1 amide bonds. The largest absolute Gasteiger partial charge is 0.308 e. The van der Waals surface area contributed by atoms with Crippen LogP contribution in [0, 0.1) is 0 Å². The third-order valence-electron chi connectivity index (χ3n) is 4.21. The zero-order valence-electron chi connectivity index (χ0n) is 11.9. The Morgan fingerprint density at radius 3 is 2.73 bits per heavy atom. The Balaban J connectivity index is 1.82. The fourth-order valence-corrected chi connectivity index (χ4v) is 3.47. The molecule has 0 bridgehead atoms. The first-order chi connectivity index (χ1) is 10.7. The number of carbonyl (C=O) groups is 1. The maximum absolute atomic E-state index is 13.0. The number of fused-ring (bicyclic) bond motifs is 2. The number of hydrogen-bond acceptors (Lipinski definition) is 1. The first kappa shape index (κ1) is 13.5. The van der Waals surface area contributed by atoms with Crippen molar-refractivity contribution in [3.8, 4) is 0 Å². The smallest absolute Gasteiger partial charge is 0.258 e. The second-order valence-corrected chi connectivity index (χ2v) is 6.42. The highest BCUT2D eigenvalue weighted by Crippen LogP contribution is 2.33. The molecule has 0 unspecified atom stereocenters. The highest BCUT2D eigenvalue weighted by Gasteiger charge is 2.26. The second kappa shape index (κ2) is 5.25. The Hall–Kier alpha value is -2.13. The highest BCUT2D eigenvalue weighted by molar-refractivity contribution is 9.10. The second-order valence-electron chi connectivity index (χ2n) is 5.51. The minimum absolute atomic E-state index is 0.0775. The topological polar surface area (TPSA) is 20.3 Å². The van der Waals surface area contributed by atoms with Gasteiger partial charge in [0.1, 0.15) is 0 Å². The molecule has 0 aromatic heterocycles. The van der Waals surface area contributed by atoms with E-state index >= 15 is 0 Å². The van der Waals surface area contributed by atoms with Gasteiger partial charge in [-0.15, -0.1) is 0 Å². The quantitative estimate of drug-likeness (QED) is 0.616. The Labute approximate surface area is 137 Å². The van der Waals surface area contributed by atoms with Gasteiger partial charge in [0.25, 0.3) is 5.91 Å². The van der Waals surface area contributed by atoms with Crippen molar-refractivity contribution in [1.29, 1.82) is 0 Å². The average Bonchev–Trinajstić information content (AvgIpc) is 2.96. The molecule has 3 aromatic carbocycles. The van der Waals surface area contributed by atoms with Gasteiger partial charge in [0.15, 0.2) is 0 Å². The summed E-state index contributed by atoms with van der Waals surface area (Å²) in [6.07, 6.45) is 0.916. The molecule has 0 atom stereocenters. The number of halogens is 1. The summed E-state index contributed by atoms with van der Waals surface area (Å²) in [6, 6.07) is 20.1. The minimum atomic E-state index is 0.0775. The van der Waals surface area contributed by atoms with E-state index in [1.165, 1.54) is 5.56 Å². The van der Waals surface area contributed by atoms with E-state index in [0.717, 1.165) is 39.5 Å². The van der Waals surface area contributed by atoms with E-state index in [2.05, 4.69) is 22.0 Å². The molecule has 1 aliphatic rings. The lowest BCUT2D eigenvalue weighted by molar-refractivity contribution is 0.0991. The fourth-order valence-electron chi connectivity index (χ4n) is 3.12. The van der Waals surface area contributed by atoms with Crippen LogP contribution in [0.1, 0.15) is 15.9 Å².